The first kappa shape index (κ1) is 16.5. The summed E-state index contributed by atoms with van der Waals surface area (Å²) < 4.78 is 4.91. The summed E-state index contributed by atoms with van der Waals surface area (Å²) >= 11 is 1.32. The smallest absolute Gasteiger partial charge is 0.357 e. The normalized spacial score (nSPS) is 9.70. The fourth-order valence-corrected chi connectivity index (χ4v) is 2.35. The van der Waals surface area contributed by atoms with Gasteiger partial charge in [0, 0.05) is 11.1 Å². The van der Waals surface area contributed by atoms with E-state index in [1.165, 1.54) is 24.0 Å². The molecule has 23 heavy (non-hydrogen) atoms. The number of amides is 1. The molecule has 0 aliphatic carbocycles. The van der Waals surface area contributed by atoms with Gasteiger partial charge in [-0.25, -0.2) is 9.78 Å². The van der Waals surface area contributed by atoms with E-state index in [9.17, 15) is 9.59 Å². The Hall–Kier alpha value is -2.85. The van der Waals surface area contributed by atoms with Gasteiger partial charge in [0.2, 0.25) is 0 Å². The van der Waals surface area contributed by atoms with Crippen LogP contribution in [-0.2, 0) is 9.53 Å². The zero-order valence-electron chi connectivity index (χ0n) is 12.1. The Morgan fingerprint density at radius 3 is 2.74 bits per heavy atom. The summed E-state index contributed by atoms with van der Waals surface area (Å²) in [4.78, 5) is 28.2. The van der Waals surface area contributed by atoms with Gasteiger partial charge in [0.15, 0.2) is 6.61 Å². The van der Waals surface area contributed by atoms with Gasteiger partial charge in [-0.1, -0.05) is 18.2 Å². The van der Waals surface area contributed by atoms with Crippen molar-refractivity contribution in [3.05, 3.63) is 54.4 Å². The molecule has 116 valence electrons. The maximum atomic E-state index is 11.9. The van der Waals surface area contributed by atoms with E-state index in [0.717, 1.165) is 4.90 Å². The second-order valence-electron chi connectivity index (χ2n) is 4.28. The zero-order valence-corrected chi connectivity index (χ0v) is 12.9. The number of nitrogens with zero attached hydrogens (tertiary/aromatic N) is 2. The number of aromatic nitrogens is 1. The second kappa shape index (κ2) is 8.56. The quantitative estimate of drug-likeness (QED) is 0.647. The summed E-state index contributed by atoms with van der Waals surface area (Å²) in [6.07, 6.45) is 1.47. The minimum absolute atomic E-state index is 0.144. The van der Waals surface area contributed by atoms with Crippen molar-refractivity contribution in [2.75, 3.05) is 17.7 Å². The number of rotatable bonds is 6. The largest absolute Gasteiger partial charge is 0.451 e. The molecule has 0 radical (unpaired) electrons. The summed E-state index contributed by atoms with van der Waals surface area (Å²) in [5, 5.41) is 11.3. The van der Waals surface area contributed by atoms with E-state index >= 15 is 0 Å². The fraction of sp³-hybridized carbons (Fsp3) is 0.125. The van der Waals surface area contributed by atoms with Crippen LogP contribution in [0, 0.1) is 11.3 Å². The van der Waals surface area contributed by atoms with Crippen LogP contribution in [0.1, 0.15) is 10.5 Å². The Morgan fingerprint density at radius 1 is 1.22 bits per heavy atom. The van der Waals surface area contributed by atoms with E-state index in [2.05, 4.69) is 10.3 Å². The highest BCUT2D eigenvalue weighted by Gasteiger charge is 2.12. The Kier molecular flexibility index (Phi) is 6.15. The molecule has 0 saturated heterocycles. The van der Waals surface area contributed by atoms with E-state index in [4.69, 9.17) is 10.00 Å². The molecule has 0 saturated carbocycles. The van der Waals surface area contributed by atoms with Crippen molar-refractivity contribution >= 4 is 29.3 Å². The van der Waals surface area contributed by atoms with Gasteiger partial charge in [-0.2, -0.15) is 5.26 Å². The minimum Gasteiger partial charge on any atom is -0.451 e. The minimum atomic E-state index is -0.659. The SMILES string of the molecule is N#CCSc1ccccc1NC(=O)COC(=O)c1ccccn1. The van der Waals surface area contributed by atoms with Gasteiger partial charge in [0.1, 0.15) is 5.69 Å². The van der Waals surface area contributed by atoms with Crippen LogP contribution in [0.5, 0.6) is 0 Å². The van der Waals surface area contributed by atoms with Crippen LogP contribution in [0.2, 0.25) is 0 Å². The molecule has 1 N–H and O–H groups in total. The molecule has 2 aromatic rings. The maximum absolute atomic E-state index is 11.9. The highest BCUT2D eigenvalue weighted by molar-refractivity contribution is 7.99. The lowest BCUT2D eigenvalue weighted by Crippen LogP contribution is -2.21. The number of benzene rings is 1. The molecule has 0 spiro atoms. The molecule has 0 atom stereocenters. The Balaban J connectivity index is 1.90. The number of para-hydroxylation sites is 1. The van der Waals surface area contributed by atoms with Crippen molar-refractivity contribution in [2.45, 2.75) is 4.90 Å². The summed E-state index contributed by atoms with van der Waals surface area (Å²) in [5.74, 6) is -0.839. The van der Waals surface area contributed by atoms with E-state index in [1.54, 1.807) is 30.3 Å². The van der Waals surface area contributed by atoms with Crippen LogP contribution in [-0.4, -0.2) is 29.2 Å². The number of ether oxygens (including phenoxy) is 1. The predicted octanol–water partition coefficient (Wildman–Crippen LogP) is 2.49. The summed E-state index contributed by atoms with van der Waals surface area (Å²) in [6, 6.07) is 14.0. The van der Waals surface area contributed by atoms with Crippen LogP contribution in [0.4, 0.5) is 5.69 Å². The topological polar surface area (TPSA) is 92.1 Å². The molecule has 0 aliphatic rings. The maximum Gasteiger partial charge on any atom is 0.357 e. The highest BCUT2D eigenvalue weighted by atomic mass is 32.2. The molecule has 0 fully saturated rings. The second-order valence-corrected chi connectivity index (χ2v) is 5.30. The molecule has 0 bridgehead atoms. The Bertz CT molecular complexity index is 729. The van der Waals surface area contributed by atoms with Gasteiger partial charge in [0.05, 0.1) is 17.5 Å². The molecular formula is C16H13N3O3S. The van der Waals surface area contributed by atoms with Crippen molar-refractivity contribution in [3.8, 4) is 6.07 Å². The monoisotopic (exact) mass is 327 g/mol. The van der Waals surface area contributed by atoms with Gasteiger partial charge in [0.25, 0.3) is 5.91 Å². The Labute approximate surface area is 137 Å². The van der Waals surface area contributed by atoms with Gasteiger partial charge >= 0.3 is 5.97 Å². The molecule has 1 aromatic carbocycles. The number of nitriles is 1. The molecule has 6 nitrogen and oxygen atoms in total. The van der Waals surface area contributed by atoms with Gasteiger partial charge in [-0.3, -0.25) is 4.79 Å². The lowest BCUT2D eigenvalue weighted by atomic mass is 10.3. The average molecular weight is 327 g/mol. The number of thioether (sulfide) groups is 1. The number of hydrogen-bond acceptors (Lipinski definition) is 6. The lowest BCUT2D eigenvalue weighted by Gasteiger charge is -2.09. The van der Waals surface area contributed by atoms with Crippen LogP contribution in [0.25, 0.3) is 0 Å². The van der Waals surface area contributed by atoms with E-state index < -0.39 is 18.5 Å². The summed E-state index contributed by atoms with van der Waals surface area (Å²) in [5.41, 5.74) is 0.719. The van der Waals surface area contributed by atoms with Crippen molar-refractivity contribution in [1.29, 1.82) is 5.26 Å². The first-order valence-electron chi connectivity index (χ1n) is 6.67. The average Bonchev–Trinajstić information content (AvgIpc) is 2.59. The van der Waals surface area contributed by atoms with E-state index in [0.29, 0.717) is 5.69 Å². The molecule has 0 aliphatic heterocycles. The van der Waals surface area contributed by atoms with Gasteiger partial charge in [-0.05, 0) is 24.3 Å². The molecule has 7 heteroatoms. The van der Waals surface area contributed by atoms with Crippen LogP contribution >= 0.6 is 11.8 Å². The van der Waals surface area contributed by atoms with Gasteiger partial charge < -0.3 is 10.1 Å². The van der Waals surface area contributed by atoms with Crippen molar-refractivity contribution in [1.82, 2.24) is 4.98 Å². The molecule has 1 heterocycles. The van der Waals surface area contributed by atoms with Crippen molar-refractivity contribution in [3.63, 3.8) is 0 Å². The number of esters is 1. The summed E-state index contributed by atoms with van der Waals surface area (Å²) in [6.45, 7) is -0.410. The fourth-order valence-electron chi connectivity index (χ4n) is 1.68. The predicted molar refractivity (Wildman–Crippen MR) is 85.9 cm³/mol. The van der Waals surface area contributed by atoms with E-state index in [-0.39, 0.29) is 11.4 Å². The molecule has 2 rings (SSSR count). The molecule has 0 unspecified atom stereocenters. The number of nitrogens with one attached hydrogen (secondary N) is 1. The first-order chi connectivity index (χ1) is 11.2. The number of anilines is 1. The summed E-state index contributed by atoms with van der Waals surface area (Å²) in [7, 11) is 0. The highest BCUT2D eigenvalue weighted by Crippen LogP contribution is 2.26. The third-order valence-corrected chi connectivity index (χ3v) is 3.60. The van der Waals surface area contributed by atoms with Crippen molar-refractivity contribution in [2.24, 2.45) is 0 Å². The number of carbonyl (C=O) groups is 2. The first-order valence-corrected chi connectivity index (χ1v) is 7.66. The number of carbonyl (C=O) groups excluding carboxylic acids is 2. The molecule has 1 aromatic heterocycles. The zero-order chi connectivity index (χ0) is 16.5. The van der Waals surface area contributed by atoms with E-state index in [1.807, 2.05) is 12.1 Å². The van der Waals surface area contributed by atoms with Crippen LogP contribution in [0.3, 0.4) is 0 Å². The van der Waals surface area contributed by atoms with Gasteiger partial charge in [-0.15, -0.1) is 11.8 Å². The molecular weight excluding hydrogens is 314 g/mol. The Morgan fingerprint density at radius 2 is 2.00 bits per heavy atom. The third kappa shape index (κ3) is 5.13. The number of hydrogen-bond donors (Lipinski definition) is 1. The third-order valence-electron chi connectivity index (χ3n) is 2.66. The van der Waals surface area contributed by atoms with Crippen LogP contribution < -0.4 is 5.32 Å². The van der Waals surface area contributed by atoms with Crippen LogP contribution in [0.15, 0.2) is 53.6 Å². The standard InChI is InChI=1S/C16H13N3O3S/c17-8-10-23-14-7-2-1-5-12(14)19-15(20)11-22-16(21)13-6-3-4-9-18-13/h1-7,9H,10-11H2,(H,19,20). The lowest BCUT2D eigenvalue weighted by molar-refractivity contribution is -0.119. The number of pyridine rings is 1. The van der Waals surface area contributed by atoms with Crippen molar-refractivity contribution < 1.29 is 14.3 Å². The molecule has 1 amide bonds.